The van der Waals surface area contributed by atoms with Gasteiger partial charge in [0.15, 0.2) is 5.65 Å². The standard InChI is InChI=1S/C20H16F2N4O2/c21-13-7-8-15(14(22)12-13)24-18(27)6-3-11-26-19-16(4-1-9-23-19)25-10-2-5-17(25)20(26)28/h1-2,4-5,7-10,12H,3,6,11H2,(H,24,27). The second-order valence-corrected chi connectivity index (χ2v) is 6.34. The molecule has 28 heavy (non-hydrogen) atoms. The van der Waals surface area contributed by atoms with Crippen molar-refractivity contribution in [1.82, 2.24) is 14.0 Å². The van der Waals surface area contributed by atoms with E-state index in [2.05, 4.69) is 10.3 Å². The van der Waals surface area contributed by atoms with Crippen LogP contribution in [0.4, 0.5) is 14.5 Å². The summed E-state index contributed by atoms with van der Waals surface area (Å²) in [4.78, 5) is 29.2. The van der Waals surface area contributed by atoms with Gasteiger partial charge in [-0.2, -0.15) is 0 Å². The van der Waals surface area contributed by atoms with Crippen LogP contribution in [0.3, 0.4) is 0 Å². The monoisotopic (exact) mass is 382 g/mol. The van der Waals surface area contributed by atoms with Crippen molar-refractivity contribution >= 4 is 28.3 Å². The van der Waals surface area contributed by atoms with Gasteiger partial charge in [0.25, 0.3) is 5.56 Å². The lowest BCUT2D eigenvalue weighted by atomic mass is 10.2. The van der Waals surface area contributed by atoms with Crippen molar-refractivity contribution in [3.8, 4) is 0 Å². The maximum atomic E-state index is 13.6. The van der Waals surface area contributed by atoms with E-state index in [0.717, 1.165) is 11.6 Å². The van der Waals surface area contributed by atoms with Gasteiger partial charge in [0.05, 0.1) is 11.2 Å². The minimum atomic E-state index is -0.835. The fraction of sp³-hybridized carbons (Fsp3) is 0.150. The van der Waals surface area contributed by atoms with Crippen molar-refractivity contribution in [3.63, 3.8) is 0 Å². The Morgan fingerprint density at radius 3 is 2.75 bits per heavy atom. The van der Waals surface area contributed by atoms with Gasteiger partial charge < -0.3 is 9.72 Å². The molecule has 0 spiro atoms. The number of aromatic nitrogens is 3. The summed E-state index contributed by atoms with van der Waals surface area (Å²) in [6.45, 7) is 0.285. The zero-order valence-electron chi connectivity index (χ0n) is 14.7. The van der Waals surface area contributed by atoms with E-state index in [1.165, 1.54) is 10.6 Å². The molecule has 0 aliphatic carbocycles. The molecule has 0 atom stereocenters. The largest absolute Gasteiger partial charge is 0.324 e. The van der Waals surface area contributed by atoms with Gasteiger partial charge in [0.2, 0.25) is 5.91 Å². The number of fused-ring (bicyclic) bond motifs is 3. The fourth-order valence-corrected chi connectivity index (χ4v) is 3.19. The molecular formula is C20H16F2N4O2. The third-order valence-corrected chi connectivity index (χ3v) is 4.49. The number of anilines is 1. The SMILES string of the molecule is O=C(CCCn1c(=O)c2cccn2c2cccnc21)Nc1ccc(F)cc1F. The van der Waals surface area contributed by atoms with E-state index in [0.29, 0.717) is 23.7 Å². The van der Waals surface area contributed by atoms with E-state index >= 15 is 0 Å². The number of nitrogens with one attached hydrogen (secondary N) is 1. The van der Waals surface area contributed by atoms with Crippen LogP contribution in [-0.2, 0) is 11.3 Å². The molecule has 6 nitrogen and oxygen atoms in total. The molecule has 3 heterocycles. The van der Waals surface area contributed by atoms with Crippen LogP contribution in [0.5, 0.6) is 0 Å². The summed E-state index contributed by atoms with van der Waals surface area (Å²) >= 11 is 0. The lowest BCUT2D eigenvalue weighted by Crippen LogP contribution is -2.24. The van der Waals surface area contributed by atoms with E-state index in [-0.39, 0.29) is 24.2 Å². The number of hydrogen-bond donors (Lipinski definition) is 1. The first-order valence-electron chi connectivity index (χ1n) is 8.74. The molecule has 142 valence electrons. The quantitative estimate of drug-likeness (QED) is 0.576. The normalized spacial score (nSPS) is 11.2. The first kappa shape index (κ1) is 17.8. The first-order chi connectivity index (χ1) is 13.5. The Labute approximate surface area is 158 Å². The summed E-state index contributed by atoms with van der Waals surface area (Å²) in [6.07, 6.45) is 3.84. The maximum absolute atomic E-state index is 13.6. The second-order valence-electron chi connectivity index (χ2n) is 6.34. The van der Waals surface area contributed by atoms with Crippen LogP contribution in [0.25, 0.3) is 16.7 Å². The number of nitrogens with zero attached hydrogens (tertiary/aromatic N) is 3. The van der Waals surface area contributed by atoms with Gasteiger partial charge in [-0.15, -0.1) is 0 Å². The Morgan fingerprint density at radius 2 is 1.93 bits per heavy atom. The molecule has 0 saturated heterocycles. The highest BCUT2D eigenvalue weighted by atomic mass is 19.1. The Bertz CT molecular complexity index is 1250. The Hall–Kier alpha value is -3.55. The third-order valence-electron chi connectivity index (χ3n) is 4.49. The molecule has 0 fully saturated rings. The van der Waals surface area contributed by atoms with Crippen LogP contribution in [0.15, 0.2) is 59.7 Å². The Kier molecular flexibility index (Phi) is 4.60. The van der Waals surface area contributed by atoms with Gasteiger partial charge in [-0.05, 0) is 42.8 Å². The molecule has 4 aromatic rings. The minimum Gasteiger partial charge on any atom is -0.324 e. The van der Waals surface area contributed by atoms with Crippen LogP contribution in [0.2, 0.25) is 0 Å². The van der Waals surface area contributed by atoms with E-state index in [1.807, 2.05) is 6.07 Å². The molecule has 1 amide bonds. The molecule has 0 aliphatic heterocycles. The zero-order valence-corrected chi connectivity index (χ0v) is 14.7. The van der Waals surface area contributed by atoms with E-state index in [1.54, 1.807) is 35.0 Å². The van der Waals surface area contributed by atoms with Gasteiger partial charge in [-0.3, -0.25) is 14.2 Å². The highest BCUT2D eigenvalue weighted by Crippen LogP contribution is 2.16. The molecule has 0 unspecified atom stereocenters. The molecular weight excluding hydrogens is 366 g/mol. The number of aryl methyl sites for hydroxylation is 1. The van der Waals surface area contributed by atoms with Crippen LogP contribution >= 0.6 is 0 Å². The Balaban J connectivity index is 1.52. The van der Waals surface area contributed by atoms with Gasteiger partial charge >= 0.3 is 0 Å². The number of hydrogen-bond acceptors (Lipinski definition) is 3. The number of carbonyl (C=O) groups excluding carboxylic acids is 1. The van der Waals surface area contributed by atoms with Gasteiger partial charge in [0.1, 0.15) is 17.2 Å². The summed E-state index contributed by atoms with van der Waals surface area (Å²) in [7, 11) is 0. The number of rotatable bonds is 5. The highest BCUT2D eigenvalue weighted by Gasteiger charge is 2.12. The summed E-state index contributed by atoms with van der Waals surface area (Å²) in [5.74, 6) is -1.96. The zero-order chi connectivity index (χ0) is 19.7. The fourth-order valence-electron chi connectivity index (χ4n) is 3.19. The Morgan fingerprint density at radius 1 is 1.11 bits per heavy atom. The van der Waals surface area contributed by atoms with Gasteiger partial charge in [-0.1, -0.05) is 0 Å². The van der Waals surface area contributed by atoms with Crippen LogP contribution in [-0.4, -0.2) is 19.9 Å². The summed E-state index contributed by atoms with van der Waals surface area (Å²) in [5, 5.41) is 2.41. The minimum absolute atomic E-state index is 0.0732. The van der Waals surface area contributed by atoms with Crippen molar-refractivity contribution in [2.75, 3.05) is 5.32 Å². The highest BCUT2D eigenvalue weighted by molar-refractivity contribution is 5.90. The number of benzene rings is 1. The molecule has 1 aromatic carbocycles. The van der Waals surface area contributed by atoms with Gasteiger partial charge in [0, 0.05) is 31.4 Å². The molecule has 1 N–H and O–H groups in total. The third kappa shape index (κ3) is 3.24. The van der Waals surface area contributed by atoms with Crippen LogP contribution < -0.4 is 10.9 Å². The summed E-state index contributed by atoms with van der Waals surface area (Å²) in [6, 6.07) is 10.1. The predicted octanol–water partition coefficient (Wildman–Crippen LogP) is 3.35. The average Bonchev–Trinajstić information content (AvgIpc) is 3.17. The molecule has 0 bridgehead atoms. The molecule has 0 aliphatic rings. The van der Waals surface area contributed by atoms with E-state index < -0.39 is 17.5 Å². The molecule has 8 heteroatoms. The van der Waals surface area contributed by atoms with E-state index in [9.17, 15) is 18.4 Å². The summed E-state index contributed by atoms with van der Waals surface area (Å²) in [5.41, 5.74) is 1.57. The summed E-state index contributed by atoms with van der Waals surface area (Å²) < 4.78 is 29.9. The predicted molar refractivity (Wildman–Crippen MR) is 101 cm³/mol. The first-order valence-corrected chi connectivity index (χ1v) is 8.74. The lowest BCUT2D eigenvalue weighted by molar-refractivity contribution is -0.116. The van der Waals surface area contributed by atoms with Crippen LogP contribution in [0.1, 0.15) is 12.8 Å². The maximum Gasteiger partial charge on any atom is 0.276 e. The smallest absolute Gasteiger partial charge is 0.276 e. The number of amides is 1. The van der Waals surface area contributed by atoms with Crippen molar-refractivity contribution in [3.05, 3.63) is 76.8 Å². The second kappa shape index (κ2) is 7.22. The van der Waals surface area contributed by atoms with Crippen molar-refractivity contribution in [1.29, 1.82) is 0 Å². The topological polar surface area (TPSA) is 68.4 Å². The molecule has 0 radical (unpaired) electrons. The van der Waals surface area contributed by atoms with Crippen molar-refractivity contribution in [2.45, 2.75) is 19.4 Å². The number of halogens is 2. The molecule has 0 saturated carbocycles. The molecule has 4 rings (SSSR count). The lowest BCUT2D eigenvalue weighted by Gasteiger charge is -2.11. The van der Waals surface area contributed by atoms with E-state index in [4.69, 9.17) is 0 Å². The number of pyridine rings is 1. The van der Waals surface area contributed by atoms with Crippen molar-refractivity contribution < 1.29 is 13.6 Å². The number of carbonyl (C=O) groups is 1. The van der Waals surface area contributed by atoms with Gasteiger partial charge in [-0.25, -0.2) is 13.8 Å². The van der Waals surface area contributed by atoms with Crippen molar-refractivity contribution in [2.24, 2.45) is 0 Å². The van der Waals surface area contributed by atoms with Crippen LogP contribution in [0, 0.1) is 11.6 Å². The average molecular weight is 382 g/mol. The molecule has 3 aromatic heterocycles.